The number of hydrogen-bond donors (Lipinski definition) is 1. The van der Waals surface area contributed by atoms with Crippen LogP contribution < -0.4 is 15.0 Å². The molecule has 2 aromatic rings. The minimum absolute atomic E-state index is 0.0535. The second kappa shape index (κ2) is 9.73. The summed E-state index contributed by atoms with van der Waals surface area (Å²) >= 11 is 0. The van der Waals surface area contributed by atoms with Crippen molar-refractivity contribution in [1.82, 2.24) is 9.97 Å². The van der Waals surface area contributed by atoms with Crippen LogP contribution in [0.1, 0.15) is 49.3 Å². The first-order valence-electron chi connectivity index (χ1n) is 10.6. The van der Waals surface area contributed by atoms with Gasteiger partial charge in [-0.3, -0.25) is 10.1 Å². The number of nitrogens with zero attached hydrogens (tertiary/aromatic N) is 4. The van der Waals surface area contributed by atoms with Gasteiger partial charge in [-0.25, -0.2) is 9.97 Å². The van der Waals surface area contributed by atoms with E-state index in [0.29, 0.717) is 18.3 Å². The quantitative estimate of drug-likeness (QED) is 0.498. The number of hydrogen-bond acceptors (Lipinski definition) is 7. The van der Waals surface area contributed by atoms with E-state index in [1.54, 1.807) is 7.11 Å². The molecule has 1 aliphatic rings. The van der Waals surface area contributed by atoms with Crippen molar-refractivity contribution in [3.63, 3.8) is 0 Å². The fourth-order valence-corrected chi connectivity index (χ4v) is 4.14. The third-order valence-corrected chi connectivity index (χ3v) is 5.96. The molecule has 162 valence electrons. The van der Waals surface area contributed by atoms with Gasteiger partial charge in [-0.15, -0.1) is 0 Å². The van der Waals surface area contributed by atoms with Gasteiger partial charge in [0.15, 0.2) is 0 Å². The first kappa shape index (κ1) is 21.8. The van der Waals surface area contributed by atoms with Crippen LogP contribution in [0.25, 0.3) is 0 Å². The van der Waals surface area contributed by atoms with Crippen LogP contribution in [0.15, 0.2) is 18.5 Å². The molecule has 8 heteroatoms. The number of aromatic nitrogens is 2. The van der Waals surface area contributed by atoms with Gasteiger partial charge < -0.3 is 15.0 Å². The van der Waals surface area contributed by atoms with E-state index in [9.17, 15) is 10.1 Å². The van der Waals surface area contributed by atoms with Crippen LogP contribution in [0.5, 0.6) is 5.75 Å². The van der Waals surface area contributed by atoms with Crippen LogP contribution in [-0.4, -0.2) is 35.1 Å². The van der Waals surface area contributed by atoms with Crippen molar-refractivity contribution in [3.8, 4) is 5.75 Å². The molecule has 1 aromatic heterocycles. The number of benzene rings is 1. The average Bonchev–Trinajstić information content (AvgIpc) is 2.74. The predicted octanol–water partition coefficient (Wildman–Crippen LogP) is 4.64. The molecule has 0 spiro atoms. The number of anilines is 2. The second-order valence-electron chi connectivity index (χ2n) is 7.96. The minimum Gasteiger partial charge on any atom is -0.496 e. The molecule has 1 saturated heterocycles. The molecule has 0 atom stereocenters. The Morgan fingerprint density at radius 3 is 2.63 bits per heavy atom. The summed E-state index contributed by atoms with van der Waals surface area (Å²) in [6.07, 6.45) is 5.88. The van der Waals surface area contributed by atoms with Crippen molar-refractivity contribution < 1.29 is 9.66 Å². The van der Waals surface area contributed by atoms with Crippen molar-refractivity contribution in [3.05, 3.63) is 45.3 Å². The van der Waals surface area contributed by atoms with Gasteiger partial charge in [0.25, 0.3) is 0 Å². The molecule has 0 radical (unpaired) electrons. The molecule has 1 N–H and O–H groups in total. The molecular weight excluding hydrogens is 382 g/mol. The number of nitrogens with one attached hydrogen (secondary N) is 1. The van der Waals surface area contributed by atoms with Crippen LogP contribution >= 0.6 is 0 Å². The Morgan fingerprint density at radius 1 is 1.27 bits per heavy atom. The van der Waals surface area contributed by atoms with E-state index in [1.807, 2.05) is 24.8 Å². The zero-order valence-corrected chi connectivity index (χ0v) is 18.3. The van der Waals surface area contributed by atoms with Gasteiger partial charge >= 0.3 is 5.69 Å². The van der Waals surface area contributed by atoms with Gasteiger partial charge in [-0.2, -0.15) is 0 Å². The summed E-state index contributed by atoms with van der Waals surface area (Å²) in [6.45, 7) is 8.22. The SMILES string of the molecule is CCCC1CCN(c2ncnc(NCc3cc(C)c(C)c(OC)c3)c2[N+](=O)[O-])CC1. The lowest BCUT2D eigenvalue weighted by Crippen LogP contribution is -2.34. The van der Waals surface area contributed by atoms with E-state index in [4.69, 9.17) is 4.74 Å². The normalized spacial score (nSPS) is 14.6. The van der Waals surface area contributed by atoms with Crippen LogP contribution in [0.4, 0.5) is 17.3 Å². The smallest absolute Gasteiger partial charge is 0.353 e. The maximum Gasteiger partial charge on any atom is 0.353 e. The summed E-state index contributed by atoms with van der Waals surface area (Å²) in [5.41, 5.74) is 3.12. The maximum atomic E-state index is 11.9. The predicted molar refractivity (Wildman–Crippen MR) is 118 cm³/mol. The van der Waals surface area contributed by atoms with Crippen molar-refractivity contribution >= 4 is 17.3 Å². The van der Waals surface area contributed by atoms with E-state index in [1.165, 1.54) is 19.2 Å². The lowest BCUT2D eigenvalue weighted by Gasteiger charge is -2.32. The molecule has 1 fully saturated rings. The topological polar surface area (TPSA) is 93.4 Å². The molecule has 0 unspecified atom stereocenters. The summed E-state index contributed by atoms with van der Waals surface area (Å²) in [4.78, 5) is 22.0. The Morgan fingerprint density at radius 2 is 2.00 bits per heavy atom. The summed E-state index contributed by atoms with van der Waals surface area (Å²) in [5, 5.41) is 15.0. The highest BCUT2D eigenvalue weighted by Crippen LogP contribution is 2.35. The largest absolute Gasteiger partial charge is 0.496 e. The monoisotopic (exact) mass is 413 g/mol. The zero-order valence-electron chi connectivity index (χ0n) is 18.3. The third kappa shape index (κ3) is 4.80. The molecule has 3 rings (SSSR count). The Labute approximate surface area is 177 Å². The van der Waals surface area contributed by atoms with Gasteiger partial charge in [0.05, 0.1) is 12.0 Å². The zero-order chi connectivity index (χ0) is 21.7. The molecule has 2 heterocycles. The van der Waals surface area contributed by atoms with E-state index in [-0.39, 0.29) is 16.4 Å². The molecule has 1 aromatic carbocycles. The first-order chi connectivity index (χ1) is 14.4. The van der Waals surface area contributed by atoms with Gasteiger partial charge in [-0.05, 0) is 55.4 Å². The van der Waals surface area contributed by atoms with Crippen molar-refractivity contribution in [2.75, 3.05) is 30.4 Å². The number of methoxy groups -OCH3 is 1. The fourth-order valence-electron chi connectivity index (χ4n) is 4.14. The molecule has 0 aliphatic carbocycles. The number of ether oxygens (including phenoxy) is 1. The number of aryl methyl sites for hydroxylation is 1. The van der Waals surface area contributed by atoms with Crippen molar-refractivity contribution in [2.24, 2.45) is 5.92 Å². The number of nitro groups is 1. The standard InChI is InChI=1S/C22H31N5O3/c1-5-6-17-7-9-26(10-8-17)22-20(27(28)29)21(24-14-25-22)23-13-18-11-15(2)16(3)19(12-18)30-4/h11-12,14,17H,5-10,13H2,1-4H3,(H,23,24,25). The van der Waals surface area contributed by atoms with Crippen molar-refractivity contribution in [2.45, 2.75) is 53.0 Å². The van der Waals surface area contributed by atoms with Gasteiger partial charge in [0.2, 0.25) is 11.6 Å². The third-order valence-electron chi connectivity index (χ3n) is 5.96. The lowest BCUT2D eigenvalue weighted by molar-refractivity contribution is -0.383. The molecule has 0 bridgehead atoms. The van der Waals surface area contributed by atoms with E-state index < -0.39 is 0 Å². The lowest BCUT2D eigenvalue weighted by atomic mass is 9.92. The van der Waals surface area contributed by atoms with E-state index in [0.717, 1.165) is 48.4 Å². The summed E-state index contributed by atoms with van der Waals surface area (Å²) in [5.74, 6) is 2.16. The van der Waals surface area contributed by atoms with Crippen LogP contribution in [0, 0.1) is 29.9 Å². The summed E-state index contributed by atoms with van der Waals surface area (Å²) < 4.78 is 5.44. The molecule has 30 heavy (non-hydrogen) atoms. The highest BCUT2D eigenvalue weighted by Gasteiger charge is 2.29. The molecule has 0 saturated carbocycles. The Balaban J connectivity index is 1.80. The minimum atomic E-state index is -0.378. The van der Waals surface area contributed by atoms with E-state index >= 15 is 0 Å². The molecule has 8 nitrogen and oxygen atoms in total. The summed E-state index contributed by atoms with van der Waals surface area (Å²) in [7, 11) is 1.64. The highest BCUT2D eigenvalue weighted by molar-refractivity contribution is 5.70. The van der Waals surface area contributed by atoms with Crippen LogP contribution in [0.3, 0.4) is 0 Å². The number of rotatable bonds is 8. The average molecular weight is 414 g/mol. The Hall–Kier alpha value is -2.90. The van der Waals surface area contributed by atoms with Crippen LogP contribution in [-0.2, 0) is 6.54 Å². The van der Waals surface area contributed by atoms with Gasteiger partial charge in [0, 0.05) is 19.6 Å². The van der Waals surface area contributed by atoms with Crippen molar-refractivity contribution in [1.29, 1.82) is 0 Å². The van der Waals surface area contributed by atoms with Gasteiger partial charge in [-0.1, -0.05) is 25.8 Å². The Kier molecular flexibility index (Phi) is 7.07. The second-order valence-corrected chi connectivity index (χ2v) is 7.96. The molecule has 1 aliphatic heterocycles. The fraction of sp³-hybridized carbons (Fsp3) is 0.545. The van der Waals surface area contributed by atoms with E-state index in [2.05, 4.69) is 28.3 Å². The Bertz CT molecular complexity index is 895. The summed E-state index contributed by atoms with van der Waals surface area (Å²) in [6, 6.07) is 4.00. The first-order valence-corrected chi connectivity index (χ1v) is 10.6. The van der Waals surface area contributed by atoms with Crippen LogP contribution in [0.2, 0.25) is 0 Å². The molecular formula is C22H31N5O3. The highest BCUT2D eigenvalue weighted by atomic mass is 16.6. The number of piperidine rings is 1. The van der Waals surface area contributed by atoms with Gasteiger partial charge in [0.1, 0.15) is 12.1 Å². The maximum absolute atomic E-state index is 11.9. The molecule has 0 amide bonds.